The van der Waals surface area contributed by atoms with Gasteiger partial charge in [0.15, 0.2) is 0 Å². The van der Waals surface area contributed by atoms with E-state index in [9.17, 15) is 18.0 Å². The molecule has 0 saturated carbocycles. The van der Waals surface area contributed by atoms with Crippen molar-refractivity contribution in [1.29, 1.82) is 0 Å². The van der Waals surface area contributed by atoms with Gasteiger partial charge in [-0.05, 0) is 43.4 Å². The van der Waals surface area contributed by atoms with Crippen LogP contribution >= 0.6 is 11.6 Å². The molecule has 28 heavy (non-hydrogen) atoms. The summed E-state index contributed by atoms with van der Waals surface area (Å²) in [5.74, 6) is -0.641. The van der Waals surface area contributed by atoms with Crippen molar-refractivity contribution >= 4 is 33.4 Å². The molecule has 154 valence electrons. The minimum atomic E-state index is -3.45. The predicted molar refractivity (Wildman–Crippen MR) is 107 cm³/mol. The van der Waals surface area contributed by atoms with E-state index in [4.69, 9.17) is 17.3 Å². The van der Waals surface area contributed by atoms with Crippen molar-refractivity contribution in [3.63, 3.8) is 0 Å². The van der Waals surface area contributed by atoms with E-state index in [-0.39, 0.29) is 29.4 Å². The SMILES string of the molecule is NC(=O)C1CCN(C(=O)C2CCN(S(=O)(=O)Cc3cccc(Cl)c3)CC2)CC1. The van der Waals surface area contributed by atoms with Crippen LogP contribution in [0.15, 0.2) is 24.3 Å². The number of amides is 2. The number of nitrogens with zero attached hydrogens (tertiary/aromatic N) is 2. The highest BCUT2D eigenvalue weighted by Gasteiger charge is 2.34. The Morgan fingerprint density at radius 2 is 1.64 bits per heavy atom. The zero-order valence-corrected chi connectivity index (χ0v) is 17.3. The van der Waals surface area contributed by atoms with Gasteiger partial charge in [0.2, 0.25) is 21.8 Å². The summed E-state index contributed by atoms with van der Waals surface area (Å²) in [5, 5.41) is 0.511. The van der Waals surface area contributed by atoms with E-state index in [2.05, 4.69) is 0 Å². The molecule has 2 heterocycles. The molecule has 0 unspecified atom stereocenters. The Labute approximate surface area is 170 Å². The highest BCUT2D eigenvalue weighted by atomic mass is 35.5. The molecule has 2 N–H and O–H groups in total. The molecule has 9 heteroatoms. The van der Waals surface area contributed by atoms with Gasteiger partial charge in [-0.15, -0.1) is 0 Å². The second kappa shape index (κ2) is 8.80. The number of nitrogens with two attached hydrogens (primary N) is 1. The molecular formula is C19H26ClN3O4S. The number of primary amides is 1. The van der Waals surface area contributed by atoms with Gasteiger partial charge in [-0.3, -0.25) is 9.59 Å². The first-order valence-electron chi connectivity index (χ1n) is 9.56. The smallest absolute Gasteiger partial charge is 0.225 e. The normalized spacial score (nSPS) is 20.2. The van der Waals surface area contributed by atoms with E-state index < -0.39 is 10.0 Å². The minimum Gasteiger partial charge on any atom is -0.369 e. The summed E-state index contributed by atoms with van der Waals surface area (Å²) in [6.45, 7) is 1.77. The monoisotopic (exact) mass is 427 g/mol. The van der Waals surface area contributed by atoms with Crippen LogP contribution in [0.2, 0.25) is 5.02 Å². The van der Waals surface area contributed by atoms with E-state index >= 15 is 0 Å². The molecule has 2 fully saturated rings. The van der Waals surface area contributed by atoms with Crippen LogP contribution in [0.4, 0.5) is 0 Å². The first kappa shape index (κ1) is 21.1. The van der Waals surface area contributed by atoms with Crippen LogP contribution < -0.4 is 5.73 Å². The molecule has 2 aliphatic heterocycles. The molecule has 7 nitrogen and oxygen atoms in total. The molecule has 2 saturated heterocycles. The Morgan fingerprint density at radius 1 is 1.04 bits per heavy atom. The average molecular weight is 428 g/mol. The zero-order valence-electron chi connectivity index (χ0n) is 15.7. The first-order valence-corrected chi connectivity index (χ1v) is 11.6. The second-order valence-corrected chi connectivity index (χ2v) is 9.97. The Kier molecular flexibility index (Phi) is 6.62. The van der Waals surface area contributed by atoms with Gasteiger partial charge >= 0.3 is 0 Å². The lowest BCUT2D eigenvalue weighted by Gasteiger charge is -2.36. The lowest BCUT2D eigenvalue weighted by Crippen LogP contribution is -2.47. The molecule has 0 spiro atoms. The molecule has 0 bridgehead atoms. The van der Waals surface area contributed by atoms with Crippen LogP contribution in [0, 0.1) is 11.8 Å². The average Bonchev–Trinajstić information content (AvgIpc) is 2.67. The number of halogens is 1. The van der Waals surface area contributed by atoms with E-state index in [1.54, 1.807) is 29.2 Å². The third-order valence-electron chi connectivity index (χ3n) is 5.64. The van der Waals surface area contributed by atoms with Crippen LogP contribution in [-0.4, -0.2) is 55.6 Å². The standard InChI is InChI=1S/C19H26ClN3O4S/c20-17-3-1-2-14(12-17)13-28(26,27)23-10-6-16(7-11-23)19(25)22-8-4-15(5-9-22)18(21)24/h1-3,12,15-16H,4-11,13H2,(H2,21,24). The van der Waals surface area contributed by atoms with Gasteiger partial charge in [0.25, 0.3) is 0 Å². The summed E-state index contributed by atoms with van der Waals surface area (Å²) in [4.78, 5) is 25.8. The van der Waals surface area contributed by atoms with Gasteiger partial charge in [-0.1, -0.05) is 23.7 Å². The fourth-order valence-corrected chi connectivity index (χ4v) is 5.72. The van der Waals surface area contributed by atoms with Crippen LogP contribution in [0.25, 0.3) is 0 Å². The predicted octanol–water partition coefficient (Wildman–Crippen LogP) is 1.61. The lowest BCUT2D eigenvalue weighted by atomic mass is 9.92. The van der Waals surface area contributed by atoms with E-state index in [1.165, 1.54) is 4.31 Å². The highest BCUT2D eigenvalue weighted by molar-refractivity contribution is 7.88. The number of sulfonamides is 1. The van der Waals surface area contributed by atoms with E-state index in [0.717, 1.165) is 0 Å². The van der Waals surface area contributed by atoms with Crippen molar-refractivity contribution in [3.8, 4) is 0 Å². The lowest BCUT2D eigenvalue weighted by molar-refractivity contribution is -0.139. The molecule has 0 atom stereocenters. The number of carbonyl (C=O) groups excluding carboxylic acids is 2. The summed E-state index contributed by atoms with van der Waals surface area (Å²) < 4.78 is 26.8. The van der Waals surface area contributed by atoms with Crippen LogP contribution in [0.1, 0.15) is 31.2 Å². The van der Waals surface area contributed by atoms with Crippen LogP contribution in [0.5, 0.6) is 0 Å². The van der Waals surface area contributed by atoms with E-state index in [0.29, 0.717) is 62.4 Å². The van der Waals surface area contributed by atoms with Gasteiger partial charge in [0.1, 0.15) is 0 Å². The molecule has 0 aromatic heterocycles. The number of hydrogen-bond acceptors (Lipinski definition) is 4. The van der Waals surface area contributed by atoms with Gasteiger partial charge in [0.05, 0.1) is 5.75 Å². The first-order chi connectivity index (χ1) is 13.3. The van der Waals surface area contributed by atoms with E-state index in [1.807, 2.05) is 0 Å². The van der Waals surface area contributed by atoms with Crippen molar-refractivity contribution in [3.05, 3.63) is 34.9 Å². The molecule has 3 rings (SSSR count). The van der Waals surface area contributed by atoms with Gasteiger partial charge in [0, 0.05) is 43.0 Å². The number of carbonyl (C=O) groups is 2. The second-order valence-electron chi connectivity index (χ2n) is 7.56. The van der Waals surface area contributed by atoms with Crippen molar-refractivity contribution < 1.29 is 18.0 Å². The molecule has 0 aliphatic carbocycles. The number of benzene rings is 1. The summed E-state index contributed by atoms with van der Waals surface area (Å²) in [7, 11) is -3.45. The summed E-state index contributed by atoms with van der Waals surface area (Å²) in [5.41, 5.74) is 5.99. The third kappa shape index (κ3) is 5.04. The van der Waals surface area contributed by atoms with Crippen molar-refractivity contribution in [2.24, 2.45) is 17.6 Å². The summed E-state index contributed by atoms with van der Waals surface area (Å²) >= 11 is 5.94. The molecular weight excluding hydrogens is 402 g/mol. The van der Waals surface area contributed by atoms with Crippen LogP contribution in [-0.2, 0) is 25.4 Å². The molecule has 2 amide bonds. The number of hydrogen-bond donors (Lipinski definition) is 1. The highest BCUT2D eigenvalue weighted by Crippen LogP contribution is 2.26. The molecule has 1 aromatic carbocycles. The molecule has 1 aromatic rings. The van der Waals surface area contributed by atoms with Crippen molar-refractivity contribution in [2.75, 3.05) is 26.2 Å². The summed E-state index contributed by atoms with van der Waals surface area (Å²) in [6, 6.07) is 6.85. The van der Waals surface area contributed by atoms with Crippen LogP contribution in [0.3, 0.4) is 0 Å². The van der Waals surface area contributed by atoms with Gasteiger partial charge in [-0.2, -0.15) is 0 Å². The molecule has 0 radical (unpaired) electrons. The Bertz CT molecular complexity index is 829. The van der Waals surface area contributed by atoms with Gasteiger partial charge < -0.3 is 10.6 Å². The number of rotatable bonds is 5. The maximum Gasteiger partial charge on any atom is 0.225 e. The largest absolute Gasteiger partial charge is 0.369 e. The maximum atomic E-state index is 12.7. The molecule has 2 aliphatic rings. The van der Waals surface area contributed by atoms with Crippen molar-refractivity contribution in [1.82, 2.24) is 9.21 Å². The Hall–Kier alpha value is -1.64. The van der Waals surface area contributed by atoms with Gasteiger partial charge in [-0.25, -0.2) is 12.7 Å². The Morgan fingerprint density at radius 3 is 2.21 bits per heavy atom. The quantitative estimate of drug-likeness (QED) is 0.771. The topological polar surface area (TPSA) is 101 Å². The number of likely N-dealkylation sites (tertiary alicyclic amines) is 1. The zero-order chi connectivity index (χ0) is 20.3. The minimum absolute atomic E-state index is 0.0646. The maximum absolute atomic E-state index is 12.7. The van der Waals surface area contributed by atoms with Crippen molar-refractivity contribution in [2.45, 2.75) is 31.4 Å². The summed E-state index contributed by atoms with van der Waals surface area (Å²) in [6.07, 6.45) is 2.24. The fraction of sp³-hybridized carbons (Fsp3) is 0.579. The fourth-order valence-electron chi connectivity index (χ4n) is 3.95. The number of piperidine rings is 2. The third-order valence-corrected chi connectivity index (χ3v) is 7.73. The Balaban J connectivity index is 1.52.